The summed E-state index contributed by atoms with van der Waals surface area (Å²) in [5.74, 6) is 0.380. The number of amides is 1. The average Bonchev–Trinajstić information content (AvgIpc) is 3.06. The van der Waals surface area contributed by atoms with Crippen molar-refractivity contribution in [1.82, 2.24) is 5.16 Å². The maximum Gasteiger partial charge on any atom is 0.280 e. The largest absolute Gasteiger partial charge is 0.726 e. The van der Waals surface area contributed by atoms with Crippen LogP contribution in [0.15, 0.2) is 4.52 Å². The van der Waals surface area contributed by atoms with E-state index in [1.807, 2.05) is 21.1 Å². The number of hydrogen-bond acceptors (Lipinski definition) is 8. The maximum absolute atomic E-state index is 11.9. The molecular weight excluding hydrogens is 462 g/mol. The van der Waals surface area contributed by atoms with Crippen molar-refractivity contribution in [2.24, 2.45) is 0 Å². The highest BCUT2D eigenvalue weighted by Crippen LogP contribution is 2.28. The third kappa shape index (κ3) is 18.7. The van der Waals surface area contributed by atoms with Crippen LogP contribution in [0.4, 0.5) is 5.82 Å². The fourth-order valence-corrected chi connectivity index (χ4v) is 3.29. The highest BCUT2D eigenvalue weighted by molar-refractivity contribution is 7.80. The first-order chi connectivity index (χ1) is 15.9. The Morgan fingerprint density at radius 1 is 1.00 bits per heavy atom. The third-order valence-corrected chi connectivity index (χ3v) is 5.48. The molecule has 0 atom stereocenters. The number of aromatic nitrogens is 1. The Morgan fingerprint density at radius 3 is 1.85 bits per heavy atom. The molecule has 0 radical (unpaired) electrons. The number of likely N-dealkylation sites (N-methyl/N-ethyl adjacent to an activating group) is 1. The minimum Gasteiger partial charge on any atom is -0.726 e. The number of rotatable bonds is 17. The van der Waals surface area contributed by atoms with E-state index in [0.29, 0.717) is 23.2 Å². The number of carbonyl (C=O) groups is 1. The summed E-state index contributed by atoms with van der Waals surface area (Å²) in [7, 11) is 2.19. The molecule has 0 aromatic carbocycles. The van der Waals surface area contributed by atoms with Gasteiger partial charge < -0.3 is 18.7 Å². The van der Waals surface area contributed by atoms with E-state index >= 15 is 0 Å². The standard InChI is InChI=1S/C22H41N3O3.CH4O4S/c1-5-6-7-8-9-10-11-12-13-14-15-16-17-19-21(27)22(24-28-19)23-20(26)18-25(2,3)4;1-5-6(2,3)4/h5-18H2,1-4H3,(H-,23,24,26,27);1H3,(H,2,3,4). The van der Waals surface area contributed by atoms with Crippen LogP contribution in [0.5, 0.6) is 5.75 Å². The Kier molecular flexibility index (Phi) is 16.8. The lowest BCUT2D eigenvalue weighted by atomic mass is 10.0. The van der Waals surface area contributed by atoms with Gasteiger partial charge in [0.05, 0.1) is 28.3 Å². The fraction of sp³-hybridized carbons (Fsp3) is 0.826. The molecule has 1 heterocycles. The Balaban J connectivity index is 0.00000160. The number of aromatic hydroxyl groups is 1. The zero-order valence-electron chi connectivity index (χ0n) is 21.6. The van der Waals surface area contributed by atoms with Gasteiger partial charge in [0.2, 0.25) is 22.0 Å². The molecule has 200 valence electrons. The van der Waals surface area contributed by atoms with Gasteiger partial charge in [-0.1, -0.05) is 82.7 Å². The zero-order valence-corrected chi connectivity index (χ0v) is 22.4. The second-order valence-electron chi connectivity index (χ2n) is 9.51. The van der Waals surface area contributed by atoms with Crippen LogP contribution in [0.25, 0.3) is 0 Å². The van der Waals surface area contributed by atoms with Crippen molar-refractivity contribution in [3.63, 3.8) is 0 Å². The van der Waals surface area contributed by atoms with E-state index in [9.17, 15) is 22.9 Å². The molecule has 0 saturated heterocycles. The molecule has 1 rings (SSSR count). The Hall–Kier alpha value is -1.69. The van der Waals surface area contributed by atoms with E-state index in [2.05, 4.69) is 21.6 Å². The average molecular weight is 508 g/mol. The topological polar surface area (TPSA) is 142 Å². The van der Waals surface area contributed by atoms with Gasteiger partial charge in [0, 0.05) is 6.42 Å². The monoisotopic (exact) mass is 507 g/mol. The van der Waals surface area contributed by atoms with Gasteiger partial charge in [0.25, 0.3) is 5.91 Å². The molecule has 1 aromatic rings. The number of aryl methyl sites for hydroxylation is 1. The highest BCUT2D eigenvalue weighted by Gasteiger charge is 2.20. The molecule has 10 nitrogen and oxygen atoms in total. The second kappa shape index (κ2) is 17.7. The Bertz CT molecular complexity index is 774. The number of anilines is 1. The van der Waals surface area contributed by atoms with Crippen molar-refractivity contribution in [2.75, 3.05) is 40.1 Å². The summed E-state index contributed by atoms with van der Waals surface area (Å²) in [6, 6.07) is 0. The van der Waals surface area contributed by atoms with Crippen LogP contribution in [-0.2, 0) is 25.8 Å². The second-order valence-corrected chi connectivity index (χ2v) is 10.7. The molecule has 1 amide bonds. The number of nitrogens with zero attached hydrogens (tertiary/aromatic N) is 2. The summed E-state index contributed by atoms with van der Waals surface area (Å²) in [4.78, 5) is 11.9. The molecule has 0 aliphatic carbocycles. The Morgan fingerprint density at radius 2 is 1.44 bits per heavy atom. The summed E-state index contributed by atoms with van der Waals surface area (Å²) in [5, 5.41) is 16.6. The summed E-state index contributed by atoms with van der Waals surface area (Å²) in [6.07, 6.45) is 16.2. The van der Waals surface area contributed by atoms with Crippen LogP contribution in [0.1, 0.15) is 89.7 Å². The van der Waals surface area contributed by atoms with Crippen molar-refractivity contribution < 1.29 is 36.1 Å². The number of quaternary nitrogens is 1. The van der Waals surface area contributed by atoms with Gasteiger partial charge in [-0.15, -0.1) is 0 Å². The van der Waals surface area contributed by atoms with Crippen LogP contribution >= 0.6 is 0 Å². The number of carbonyl (C=O) groups excluding carboxylic acids is 1. The molecule has 0 spiro atoms. The lowest BCUT2D eigenvalue weighted by Gasteiger charge is -2.22. The van der Waals surface area contributed by atoms with E-state index in [4.69, 9.17) is 4.52 Å². The molecule has 0 fully saturated rings. The molecule has 1 aromatic heterocycles. The normalized spacial score (nSPS) is 11.7. The van der Waals surface area contributed by atoms with Crippen LogP contribution in [0, 0.1) is 0 Å². The first kappa shape index (κ1) is 32.3. The van der Waals surface area contributed by atoms with E-state index in [0.717, 1.165) is 20.0 Å². The predicted octanol–water partition coefficient (Wildman–Crippen LogP) is 4.36. The van der Waals surface area contributed by atoms with Gasteiger partial charge in [0.15, 0.2) is 12.3 Å². The van der Waals surface area contributed by atoms with Crippen molar-refractivity contribution in [3.05, 3.63) is 5.76 Å². The summed E-state index contributed by atoms with van der Waals surface area (Å²) in [6.45, 7) is 2.56. The smallest absolute Gasteiger partial charge is 0.280 e. The van der Waals surface area contributed by atoms with Crippen LogP contribution in [0.3, 0.4) is 0 Å². The zero-order chi connectivity index (χ0) is 26.0. The molecule has 0 saturated carbocycles. The Labute approximate surface area is 205 Å². The van der Waals surface area contributed by atoms with Gasteiger partial charge in [-0.25, -0.2) is 8.42 Å². The molecule has 0 bridgehead atoms. The van der Waals surface area contributed by atoms with Crippen LogP contribution < -0.4 is 5.32 Å². The maximum atomic E-state index is 11.9. The van der Waals surface area contributed by atoms with Crippen LogP contribution in [0.2, 0.25) is 0 Å². The summed E-state index contributed by atoms with van der Waals surface area (Å²) >= 11 is 0. The quantitative estimate of drug-likeness (QED) is 0.137. The van der Waals surface area contributed by atoms with Gasteiger partial charge in [0.1, 0.15) is 0 Å². The predicted molar refractivity (Wildman–Crippen MR) is 131 cm³/mol. The fourth-order valence-electron chi connectivity index (χ4n) is 3.29. The lowest BCUT2D eigenvalue weighted by Crippen LogP contribution is -2.41. The van der Waals surface area contributed by atoms with E-state index in [1.165, 1.54) is 64.2 Å². The molecule has 11 heteroatoms. The SMILES string of the molecule is CCCCCCCCCCCCCCc1onc(NC(=O)C[N+](C)(C)C)c1O.COS(=O)(=O)[O-]. The summed E-state index contributed by atoms with van der Waals surface area (Å²) < 4.78 is 36.7. The highest BCUT2D eigenvalue weighted by atomic mass is 32.3. The molecular formula is C23H45N3O7S. The number of unbranched alkanes of at least 4 members (excludes halogenated alkanes) is 11. The molecule has 34 heavy (non-hydrogen) atoms. The third-order valence-electron chi connectivity index (χ3n) is 5.07. The molecule has 2 N–H and O–H groups in total. The number of hydrogen-bond donors (Lipinski definition) is 2. The van der Waals surface area contributed by atoms with Crippen molar-refractivity contribution in [2.45, 2.75) is 90.4 Å². The van der Waals surface area contributed by atoms with Crippen molar-refractivity contribution >= 4 is 22.1 Å². The molecule has 0 aliphatic heterocycles. The van der Waals surface area contributed by atoms with Gasteiger partial charge >= 0.3 is 0 Å². The lowest BCUT2D eigenvalue weighted by molar-refractivity contribution is -0.861. The van der Waals surface area contributed by atoms with E-state index < -0.39 is 10.4 Å². The van der Waals surface area contributed by atoms with E-state index in [1.54, 1.807) is 0 Å². The first-order valence-corrected chi connectivity index (χ1v) is 13.5. The minimum absolute atomic E-state index is 0.0298. The van der Waals surface area contributed by atoms with Gasteiger partial charge in [-0.05, 0) is 6.42 Å². The van der Waals surface area contributed by atoms with E-state index in [-0.39, 0.29) is 17.5 Å². The van der Waals surface area contributed by atoms with Crippen molar-refractivity contribution in [3.8, 4) is 5.75 Å². The first-order valence-electron chi connectivity index (χ1n) is 12.2. The van der Waals surface area contributed by atoms with Gasteiger partial charge in [-0.3, -0.25) is 14.3 Å². The summed E-state index contributed by atoms with van der Waals surface area (Å²) in [5.41, 5.74) is 0. The van der Waals surface area contributed by atoms with Crippen molar-refractivity contribution in [1.29, 1.82) is 0 Å². The number of nitrogens with one attached hydrogen (secondary N) is 1. The molecule has 0 aliphatic rings. The van der Waals surface area contributed by atoms with Gasteiger partial charge in [-0.2, -0.15) is 0 Å². The molecule has 0 unspecified atom stereocenters. The minimum atomic E-state index is -4.41. The van der Waals surface area contributed by atoms with Crippen LogP contribution in [-0.4, -0.2) is 68.4 Å².